The Morgan fingerprint density at radius 1 is 1.31 bits per heavy atom. The Morgan fingerprint density at radius 2 is 1.81 bits per heavy atom. The monoisotopic (exact) mass is 240 g/mol. The average molecular weight is 240 g/mol. The van der Waals surface area contributed by atoms with E-state index in [1.165, 1.54) is 6.26 Å². The molecule has 0 spiro atoms. The van der Waals surface area contributed by atoms with Gasteiger partial charge in [0.2, 0.25) is 0 Å². The topological polar surface area (TPSA) is 54.4 Å². The summed E-state index contributed by atoms with van der Waals surface area (Å²) in [5, 5.41) is 9.20. The Kier molecular flexibility index (Phi) is 3.88. The minimum atomic E-state index is -3.14. The molecule has 1 unspecified atom stereocenters. The summed E-state index contributed by atoms with van der Waals surface area (Å²) in [5.41, 5.74) is 1.84. The second kappa shape index (κ2) is 4.80. The number of rotatable bonds is 3. The summed E-state index contributed by atoms with van der Waals surface area (Å²) in [4.78, 5) is 0.307. The van der Waals surface area contributed by atoms with Crippen LogP contribution in [-0.4, -0.2) is 25.9 Å². The number of benzene rings is 1. The van der Waals surface area contributed by atoms with Gasteiger partial charge in [-0.25, -0.2) is 8.42 Å². The van der Waals surface area contributed by atoms with Gasteiger partial charge in [-0.2, -0.15) is 0 Å². The van der Waals surface area contributed by atoms with E-state index < -0.39 is 15.9 Å². The van der Waals surface area contributed by atoms with E-state index in [0.717, 1.165) is 11.1 Å². The van der Waals surface area contributed by atoms with E-state index in [1.54, 1.807) is 37.3 Å². The first-order valence-corrected chi connectivity index (χ1v) is 6.87. The maximum absolute atomic E-state index is 11.2. The van der Waals surface area contributed by atoms with E-state index in [2.05, 4.69) is 0 Å². The SMILES string of the molecule is C/C(=C/C(C)O)c1ccc(S(C)(=O)=O)cc1. The van der Waals surface area contributed by atoms with Gasteiger partial charge >= 0.3 is 0 Å². The van der Waals surface area contributed by atoms with Crippen LogP contribution in [0, 0.1) is 0 Å². The van der Waals surface area contributed by atoms with Crippen molar-refractivity contribution in [3.8, 4) is 0 Å². The van der Waals surface area contributed by atoms with Crippen LogP contribution in [0.3, 0.4) is 0 Å². The number of allylic oxidation sites excluding steroid dienone is 1. The van der Waals surface area contributed by atoms with E-state index in [0.29, 0.717) is 4.90 Å². The van der Waals surface area contributed by atoms with Crippen molar-refractivity contribution in [2.45, 2.75) is 24.8 Å². The fourth-order valence-corrected chi connectivity index (χ4v) is 2.05. The van der Waals surface area contributed by atoms with Crippen LogP contribution < -0.4 is 0 Å². The van der Waals surface area contributed by atoms with Crippen molar-refractivity contribution in [3.05, 3.63) is 35.9 Å². The molecule has 1 N–H and O–H groups in total. The normalized spacial score (nSPS) is 14.9. The molecule has 0 amide bonds. The highest BCUT2D eigenvalue weighted by molar-refractivity contribution is 7.90. The lowest BCUT2D eigenvalue weighted by atomic mass is 10.1. The molecule has 88 valence electrons. The summed E-state index contributed by atoms with van der Waals surface area (Å²) in [6.07, 6.45) is 2.39. The second-order valence-corrected chi connectivity index (χ2v) is 5.90. The van der Waals surface area contributed by atoms with Crippen molar-refractivity contribution < 1.29 is 13.5 Å². The maximum Gasteiger partial charge on any atom is 0.175 e. The summed E-state index contributed by atoms with van der Waals surface area (Å²) in [6, 6.07) is 6.63. The Balaban J connectivity index is 3.05. The minimum Gasteiger partial charge on any atom is -0.389 e. The number of hydrogen-bond donors (Lipinski definition) is 1. The molecule has 0 heterocycles. The van der Waals surface area contributed by atoms with Crippen LogP contribution in [0.4, 0.5) is 0 Å². The Labute approximate surface area is 96.4 Å². The molecule has 0 radical (unpaired) electrons. The fourth-order valence-electron chi connectivity index (χ4n) is 1.42. The van der Waals surface area contributed by atoms with Gasteiger partial charge in [0, 0.05) is 6.26 Å². The van der Waals surface area contributed by atoms with Gasteiger partial charge in [0.15, 0.2) is 9.84 Å². The van der Waals surface area contributed by atoms with Gasteiger partial charge in [0.05, 0.1) is 11.0 Å². The summed E-state index contributed by atoms with van der Waals surface area (Å²) >= 11 is 0. The van der Waals surface area contributed by atoms with E-state index in [-0.39, 0.29) is 0 Å². The smallest absolute Gasteiger partial charge is 0.175 e. The summed E-state index contributed by atoms with van der Waals surface area (Å²) in [5.74, 6) is 0. The number of sulfone groups is 1. The highest BCUT2D eigenvalue weighted by Crippen LogP contribution is 2.17. The van der Waals surface area contributed by atoms with Gasteiger partial charge in [-0.15, -0.1) is 0 Å². The largest absolute Gasteiger partial charge is 0.389 e. The van der Waals surface area contributed by atoms with Gasteiger partial charge in [-0.3, -0.25) is 0 Å². The molecule has 0 aliphatic carbocycles. The van der Waals surface area contributed by atoms with E-state index in [9.17, 15) is 13.5 Å². The molecule has 1 aromatic carbocycles. The van der Waals surface area contributed by atoms with Crippen molar-refractivity contribution in [3.63, 3.8) is 0 Å². The van der Waals surface area contributed by atoms with Crippen molar-refractivity contribution >= 4 is 15.4 Å². The number of aliphatic hydroxyl groups excluding tert-OH is 1. The third-order valence-electron chi connectivity index (χ3n) is 2.23. The third kappa shape index (κ3) is 3.47. The van der Waals surface area contributed by atoms with Crippen LogP contribution in [0.1, 0.15) is 19.4 Å². The summed E-state index contributed by atoms with van der Waals surface area (Å²) in [7, 11) is -3.14. The predicted molar refractivity (Wildman–Crippen MR) is 64.9 cm³/mol. The molecule has 0 aliphatic rings. The fraction of sp³-hybridized carbons (Fsp3) is 0.333. The van der Waals surface area contributed by atoms with Crippen molar-refractivity contribution in [2.24, 2.45) is 0 Å². The van der Waals surface area contributed by atoms with E-state index >= 15 is 0 Å². The molecule has 0 aromatic heterocycles. The molecule has 0 bridgehead atoms. The van der Waals surface area contributed by atoms with Gasteiger partial charge in [-0.05, 0) is 37.1 Å². The lowest BCUT2D eigenvalue weighted by Gasteiger charge is -2.04. The Bertz CT molecular complexity index is 482. The zero-order valence-electron chi connectivity index (χ0n) is 9.64. The maximum atomic E-state index is 11.2. The van der Waals surface area contributed by atoms with E-state index in [1.807, 2.05) is 6.92 Å². The molecule has 0 fully saturated rings. The quantitative estimate of drug-likeness (QED) is 0.877. The van der Waals surface area contributed by atoms with Crippen LogP contribution in [0.2, 0.25) is 0 Å². The second-order valence-electron chi connectivity index (χ2n) is 3.89. The van der Waals surface area contributed by atoms with Crippen LogP contribution in [0.25, 0.3) is 5.57 Å². The number of aliphatic hydroxyl groups is 1. The molecule has 16 heavy (non-hydrogen) atoms. The van der Waals surface area contributed by atoms with E-state index in [4.69, 9.17) is 0 Å². The molecular formula is C12H16O3S. The van der Waals surface area contributed by atoms with Crippen molar-refractivity contribution in [1.29, 1.82) is 0 Å². The molecule has 0 saturated carbocycles. The number of hydrogen-bond acceptors (Lipinski definition) is 3. The van der Waals surface area contributed by atoms with Crippen LogP contribution in [-0.2, 0) is 9.84 Å². The molecule has 3 nitrogen and oxygen atoms in total. The Hall–Kier alpha value is -1.13. The minimum absolute atomic E-state index is 0.307. The first-order valence-electron chi connectivity index (χ1n) is 4.97. The van der Waals surface area contributed by atoms with Crippen LogP contribution in [0.15, 0.2) is 35.2 Å². The van der Waals surface area contributed by atoms with Crippen molar-refractivity contribution in [2.75, 3.05) is 6.26 Å². The average Bonchev–Trinajstić information content (AvgIpc) is 2.15. The van der Waals surface area contributed by atoms with Gasteiger partial charge < -0.3 is 5.11 Å². The zero-order valence-corrected chi connectivity index (χ0v) is 10.5. The lowest BCUT2D eigenvalue weighted by Crippen LogP contribution is -1.97. The van der Waals surface area contributed by atoms with Crippen LogP contribution >= 0.6 is 0 Å². The predicted octanol–water partition coefficient (Wildman–Crippen LogP) is 1.87. The van der Waals surface area contributed by atoms with Crippen molar-refractivity contribution in [1.82, 2.24) is 0 Å². The zero-order chi connectivity index (χ0) is 12.3. The first kappa shape index (κ1) is 12.9. The molecule has 0 aliphatic heterocycles. The molecular weight excluding hydrogens is 224 g/mol. The highest BCUT2D eigenvalue weighted by Gasteiger charge is 2.06. The van der Waals surface area contributed by atoms with Gasteiger partial charge in [-0.1, -0.05) is 18.2 Å². The molecule has 4 heteroatoms. The summed E-state index contributed by atoms with van der Waals surface area (Å²) in [6.45, 7) is 3.55. The highest BCUT2D eigenvalue weighted by atomic mass is 32.2. The molecule has 0 saturated heterocycles. The Morgan fingerprint density at radius 3 is 2.19 bits per heavy atom. The van der Waals surface area contributed by atoms with Crippen LogP contribution in [0.5, 0.6) is 0 Å². The molecule has 1 rings (SSSR count). The first-order chi connectivity index (χ1) is 7.30. The summed E-state index contributed by atoms with van der Waals surface area (Å²) < 4.78 is 22.5. The van der Waals surface area contributed by atoms with Gasteiger partial charge in [0.25, 0.3) is 0 Å². The van der Waals surface area contributed by atoms with Gasteiger partial charge in [0.1, 0.15) is 0 Å². The lowest BCUT2D eigenvalue weighted by molar-refractivity contribution is 0.244. The standard InChI is InChI=1S/C12H16O3S/c1-9(8-10(2)13)11-4-6-12(7-5-11)16(3,14)15/h4-8,10,13H,1-3H3/b9-8-. The molecule has 1 atom stereocenters. The molecule has 1 aromatic rings. The third-order valence-corrected chi connectivity index (χ3v) is 3.36.